The molecule has 1 amide bonds. The highest BCUT2D eigenvalue weighted by Gasteiger charge is 2.29. The van der Waals surface area contributed by atoms with Crippen molar-refractivity contribution < 1.29 is 14.6 Å². The summed E-state index contributed by atoms with van der Waals surface area (Å²) in [6.45, 7) is 5.18. The summed E-state index contributed by atoms with van der Waals surface area (Å²) < 4.78 is 4.85. The van der Waals surface area contributed by atoms with E-state index in [-0.39, 0.29) is 6.09 Å². The minimum atomic E-state index is -0.608. The van der Waals surface area contributed by atoms with Crippen molar-refractivity contribution in [3.63, 3.8) is 0 Å². The van der Waals surface area contributed by atoms with Crippen molar-refractivity contribution in [1.29, 1.82) is 0 Å². The van der Waals surface area contributed by atoms with E-state index in [0.29, 0.717) is 32.5 Å². The predicted molar refractivity (Wildman–Crippen MR) is 48.5 cm³/mol. The Hall–Kier alpha value is -0.770. The first kappa shape index (κ1) is 10.3. The maximum absolute atomic E-state index is 11.2. The number of ether oxygens (including phenoxy) is 1. The molecule has 1 N–H and O–H groups in total. The quantitative estimate of drug-likeness (QED) is 0.666. The fourth-order valence-electron chi connectivity index (χ4n) is 1.39. The molecule has 0 aromatic heterocycles. The molecule has 1 rings (SSSR count). The first-order chi connectivity index (χ1) is 6.05. The van der Waals surface area contributed by atoms with E-state index >= 15 is 0 Å². The van der Waals surface area contributed by atoms with Gasteiger partial charge in [0.2, 0.25) is 0 Å². The van der Waals surface area contributed by atoms with Crippen LogP contribution in [0.25, 0.3) is 0 Å². The summed E-state index contributed by atoms with van der Waals surface area (Å²) in [6, 6.07) is 0. The molecule has 4 heteroatoms. The van der Waals surface area contributed by atoms with Crippen molar-refractivity contribution in [3.05, 3.63) is 0 Å². The lowest BCUT2D eigenvalue weighted by molar-refractivity contribution is -0.00525. The number of hydrogen-bond acceptors (Lipinski definition) is 3. The molecule has 0 aromatic rings. The normalized spacial score (nSPS) is 21.3. The van der Waals surface area contributed by atoms with Crippen LogP contribution >= 0.6 is 0 Å². The molecule has 0 aliphatic carbocycles. The molecule has 1 aliphatic rings. The number of nitrogens with zero attached hydrogens (tertiary/aromatic N) is 1. The van der Waals surface area contributed by atoms with Gasteiger partial charge in [0, 0.05) is 13.1 Å². The minimum absolute atomic E-state index is 0.266. The molecule has 1 fully saturated rings. The smallest absolute Gasteiger partial charge is 0.409 e. The van der Waals surface area contributed by atoms with Crippen LogP contribution in [0.15, 0.2) is 0 Å². The summed E-state index contributed by atoms with van der Waals surface area (Å²) in [7, 11) is 0. The average molecular weight is 187 g/mol. The Labute approximate surface area is 78.5 Å². The Bertz CT molecular complexity index is 181. The van der Waals surface area contributed by atoms with Gasteiger partial charge in [-0.3, -0.25) is 0 Å². The van der Waals surface area contributed by atoms with Gasteiger partial charge in [-0.05, 0) is 26.7 Å². The molecule has 4 nitrogen and oxygen atoms in total. The maximum atomic E-state index is 11.2. The monoisotopic (exact) mass is 187 g/mol. The number of piperidine rings is 1. The highest BCUT2D eigenvalue weighted by Crippen LogP contribution is 2.21. The maximum Gasteiger partial charge on any atom is 0.409 e. The zero-order valence-electron chi connectivity index (χ0n) is 8.25. The molecule has 0 radical (unpaired) electrons. The Balaban J connectivity index is 2.36. The Morgan fingerprint density at radius 2 is 2.08 bits per heavy atom. The summed E-state index contributed by atoms with van der Waals surface area (Å²) >= 11 is 0. The largest absolute Gasteiger partial charge is 0.450 e. The number of aliphatic hydroxyl groups is 1. The molecule has 1 saturated heterocycles. The first-order valence-corrected chi connectivity index (χ1v) is 4.69. The number of likely N-dealkylation sites (tertiary alicyclic amines) is 1. The van der Waals surface area contributed by atoms with Crippen molar-refractivity contribution in [1.82, 2.24) is 4.90 Å². The fraction of sp³-hybridized carbons (Fsp3) is 0.889. The zero-order chi connectivity index (χ0) is 9.90. The molecular weight excluding hydrogens is 170 g/mol. The van der Waals surface area contributed by atoms with E-state index in [1.54, 1.807) is 18.7 Å². The molecule has 13 heavy (non-hydrogen) atoms. The standard InChI is InChI=1S/C9H17NO3/c1-3-13-8(11)10-6-4-9(2,12)5-7-10/h12H,3-7H2,1-2H3. The third-order valence-corrected chi connectivity index (χ3v) is 2.37. The van der Waals surface area contributed by atoms with Crippen molar-refractivity contribution in [2.45, 2.75) is 32.3 Å². The van der Waals surface area contributed by atoms with Crippen molar-refractivity contribution in [2.24, 2.45) is 0 Å². The Morgan fingerprint density at radius 3 is 2.54 bits per heavy atom. The van der Waals surface area contributed by atoms with Gasteiger partial charge < -0.3 is 14.7 Å². The van der Waals surface area contributed by atoms with Crippen LogP contribution in [0.5, 0.6) is 0 Å². The van der Waals surface area contributed by atoms with Crippen molar-refractivity contribution >= 4 is 6.09 Å². The van der Waals surface area contributed by atoms with Crippen molar-refractivity contribution in [3.8, 4) is 0 Å². The molecule has 0 bridgehead atoms. The van der Waals surface area contributed by atoms with Gasteiger partial charge in [0.25, 0.3) is 0 Å². The molecular formula is C9H17NO3. The average Bonchev–Trinajstić information content (AvgIpc) is 2.04. The first-order valence-electron chi connectivity index (χ1n) is 4.69. The van der Waals surface area contributed by atoms with E-state index in [1.807, 2.05) is 0 Å². The lowest BCUT2D eigenvalue weighted by Gasteiger charge is -2.34. The number of carbonyl (C=O) groups is 1. The Kier molecular flexibility index (Phi) is 3.14. The summed E-state index contributed by atoms with van der Waals surface area (Å²) in [5.74, 6) is 0. The highest BCUT2D eigenvalue weighted by molar-refractivity contribution is 5.67. The van der Waals surface area contributed by atoms with Crippen LogP contribution in [0.2, 0.25) is 0 Å². The van der Waals surface area contributed by atoms with Crippen LogP contribution in [0, 0.1) is 0 Å². The molecule has 0 unspecified atom stereocenters. The third kappa shape index (κ3) is 2.88. The van der Waals surface area contributed by atoms with Gasteiger partial charge in [0.15, 0.2) is 0 Å². The van der Waals surface area contributed by atoms with E-state index in [0.717, 1.165) is 0 Å². The van der Waals surface area contributed by atoms with Crippen LogP contribution < -0.4 is 0 Å². The van der Waals surface area contributed by atoms with Gasteiger partial charge in [-0.2, -0.15) is 0 Å². The second-order valence-corrected chi connectivity index (χ2v) is 3.68. The van der Waals surface area contributed by atoms with Gasteiger partial charge in [-0.1, -0.05) is 0 Å². The molecule has 0 atom stereocenters. The van der Waals surface area contributed by atoms with E-state index in [9.17, 15) is 9.90 Å². The second kappa shape index (κ2) is 3.96. The van der Waals surface area contributed by atoms with Gasteiger partial charge in [0.1, 0.15) is 0 Å². The number of hydrogen-bond donors (Lipinski definition) is 1. The van der Waals surface area contributed by atoms with Crippen LogP contribution in [0.3, 0.4) is 0 Å². The highest BCUT2D eigenvalue weighted by atomic mass is 16.6. The summed E-state index contributed by atoms with van der Waals surface area (Å²) in [5.41, 5.74) is -0.608. The van der Waals surface area contributed by atoms with Gasteiger partial charge in [0.05, 0.1) is 12.2 Å². The van der Waals surface area contributed by atoms with Gasteiger partial charge >= 0.3 is 6.09 Å². The lowest BCUT2D eigenvalue weighted by atomic mass is 9.94. The Morgan fingerprint density at radius 1 is 1.54 bits per heavy atom. The molecule has 1 heterocycles. The summed E-state index contributed by atoms with van der Waals surface area (Å²) in [4.78, 5) is 12.9. The van der Waals surface area contributed by atoms with Crippen LogP contribution in [-0.4, -0.2) is 41.4 Å². The van der Waals surface area contributed by atoms with Crippen LogP contribution in [-0.2, 0) is 4.74 Å². The number of amides is 1. The molecule has 1 aliphatic heterocycles. The summed E-state index contributed by atoms with van der Waals surface area (Å²) in [5, 5.41) is 9.63. The van der Waals surface area contributed by atoms with E-state index in [4.69, 9.17) is 4.74 Å². The van der Waals surface area contributed by atoms with E-state index in [2.05, 4.69) is 0 Å². The number of carbonyl (C=O) groups excluding carboxylic acids is 1. The third-order valence-electron chi connectivity index (χ3n) is 2.37. The fourth-order valence-corrected chi connectivity index (χ4v) is 1.39. The second-order valence-electron chi connectivity index (χ2n) is 3.68. The predicted octanol–water partition coefficient (Wildman–Crippen LogP) is 0.990. The SMILES string of the molecule is CCOC(=O)N1CCC(C)(O)CC1. The van der Waals surface area contributed by atoms with E-state index < -0.39 is 5.60 Å². The van der Waals surface area contributed by atoms with E-state index in [1.165, 1.54) is 0 Å². The molecule has 0 spiro atoms. The lowest BCUT2D eigenvalue weighted by Crippen LogP contribution is -2.45. The number of rotatable bonds is 1. The van der Waals surface area contributed by atoms with Gasteiger partial charge in [-0.15, -0.1) is 0 Å². The molecule has 0 saturated carbocycles. The van der Waals surface area contributed by atoms with Crippen LogP contribution in [0.1, 0.15) is 26.7 Å². The zero-order valence-corrected chi connectivity index (χ0v) is 8.25. The topological polar surface area (TPSA) is 49.8 Å². The summed E-state index contributed by atoms with van der Waals surface area (Å²) in [6.07, 6.45) is 0.996. The van der Waals surface area contributed by atoms with Crippen molar-refractivity contribution in [2.75, 3.05) is 19.7 Å². The molecule has 76 valence electrons. The minimum Gasteiger partial charge on any atom is -0.450 e. The van der Waals surface area contributed by atoms with Crippen LogP contribution in [0.4, 0.5) is 4.79 Å². The van der Waals surface area contributed by atoms with Gasteiger partial charge in [-0.25, -0.2) is 4.79 Å². The molecule has 0 aromatic carbocycles.